The molecule has 3 N–H and O–H groups in total. The van der Waals surface area contributed by atoms with E-state index in [2.05, 4.69) is 5.32 Å². The molecule has 30 heavy (non-hydrogen) atoms. The fraction of sp³-hybridized carbons (Fsp3) is 0.348. The molecule has 1 saturated heterocycles. The van der Waals surface area contributed by atoms with E-state index in [4.69, 9.17) is 10.5 Å². The van der Waals surface area contributed by atoms with Gasteiger partial charge in [-0.1, -0.05) is 54.6 Å². The second-order valence-corrected chi connectivity index (χ2v) is 7.49. The van der Waals surface area contributed by atoms with Gasteiger partial charge in [0, 0.05) is 13.0 Å². The van der Waals surface area contributed by atoms with Crippen LogP contribution in [0.1, 0.15) is 29.5 Å². The predicted octanol–water partition coefficient (Wildman–Crippen LogP) is 2.31. The van der Waals surface area contributed by atoms with Crippen molar-refractivity contribution in [3.8, 4) is 0 Å². The lowest BCUT2D eigenvalue weighted by Gasteiger charge is -2.25. The van der Waals surface area contributed by atoms with Gasteiger partial charge in [0.15, 0.2) is 0 Å². The zero-order valence-electron chi connectivity index (χ0n) is 17.0. The average molecular weight is 409 g/mol. The third-order valence-corrected chi connectivity index (χ3v) is 5.34. The van der Waals surface area contributed by atoms with Crippen molar-refractivity contribution in [1.29, 1.82) is 0 Å². The number of aryl methyl sites for hydroxylation is 1. The van der Waals surface area contributed by atoms with Crippen LogP contribution in [0.5, 0.6) is 0 Å². The van der Waals surface area contributed by atoms with Gasteiger partial charge in [-0.25, -0.2) is 4.79 Å². The van der Waals surface area contributed by atoms with E-state index in [1.54, 1.807) is 0 Å². The largest absolute Gasteiger partial charge is 0.445 e. The molecule has 1 heterocycles. The summed E-state index contributed by atoms with van der Waals surface area (Å²) in [4.78, 5) is 38.7. The van der Waals surface area contributed by atoms with Crippen LogP contribution < -0.4 is 11.1 Å². The van der Waals surface area contributed by atoms with Crippen molar-refractivity contribution in [2.24, 2.45) is 5.73 Å². The monoisotopic (exact) mass is 409 g/mol. The number of ether oxygens (including phenoxy) is 1. The number of benzene rings is 2. The SMILES string of the molecule is Cc1ccccc1C[C@H](NC(=O)[C@H]1CCCN1C(=O)OCc1ccccc1)C(N)=O. The van der Waals surface area contributed by atoms with Gasteiger partial charge >= 0.3 is 6.09 Å². The minimum absolute atomic E-state index is 0.141. The molecule has 0 saturated carbocycles. The first-order valence-electron chi connectivity index (χ1n) is 10.1. The van der Waals surface area contributed by atoms with Gasteiger partial charge in [0.2, 0.25) is 11.8 Å². The Balaban J connectivity index is 1.61. The Hall–Kier alpha value is -3.35. The number of amides is 3. The number of nitrogens with one attached hydrogen (secondary N) is 1. The number of likely N-dealkylation sites (tertiary alicyclic amines) is 1. The molecule has 1 fully saturated rings. The fourth-order valence-electron chi connectivity index (χ4n) is 3.61. The molecule has 1 aliphatic rings. The Kier molecular flexibility index (Phi) is 7.06. The van der Waals surface area contributed by atoms with Crippen LogP contribution in [-0.2, 0) is 27.4 Å². The summed E-state index contributed by atoms with van der Waals surface area (Å²) < 4.78 is 5.37. The second-order valence-electron chi connectivity index (χ2n) is 7.49. The molecule has 7 nitrogen and oxygen atoms in total. The highest BCUT2D eigenvalue weighted by Crippen LogP contribution is 2.20. The number of hydrogen-bond acceptors (Lipinski definition) is 4. The highest BCUT2D eigenvalue weighted by molar-refractivity contribution is 5.91. The molecule has 3 rings (SSSR count). The summed E-state index contributed by atoms with van der Waals surface area (Å²) in [6.45, 7) is 2.52. The van der Waals surface area contributed by atoms with E-state index in [1.807, 2.05) is 61.5 Å². The molecule has 2 aromatic carbocycles. The minimum atomic E-state index is -0.846. The first-order chi connectivity index (χ1) is 14.5. The van der Waals surface area contributed by atoms with Gasteiger partial charge in [-0.2, -0.15) is 0 Å². The Morgan fingerprint density at radius 3 is 2.53 bits per heavy atom. The van der Waals surface area contributed by atoms with Crippen LogP contribution >= 0.6 is 0 Å². The van der Waals surface area contributed by atoms with Gasteiger partial charge < -0.3 is 15.8 Å². The summed E-state index contributed by atoms with van der Waals surface area (Å²) in [5.74, 6) is -0.996. The van der Waals surface area contributed by atoms with E-state index >= 15 is 0 Å². The predicted molar refractivity (Wildman–Crippen MR) is 112 cm³/mol. The van der Waals surface area contributed by atoms with Crippen molar-refractivity contribution < 1.29 is 19.1 Å². The molecule has 7 heteroatoms. The molecule has 1 aliphatic heterocycles. The van der Waals surface area contributed by atoms with E-state index in [0.717, 1.165) is 16.7 Å². The van der Waals surface area contributed by atoms with Crippen molar-refractivity contribution in [2.45, 2.75) is 44.9 Å². The van der Waals surface area contributed by atoms with Gasteiger partial charge in [0.1, 0.15) is 18.7 Å². The van der Waals surface area contributed by atoms with Crippen LogP contribution in [0.15, 0.2) is 54.6 Å². The van der Waals surface area contributed by atoms with Crippen molar-refractivity contribution in [1.82, 2.24) is 10.2 Å². The standard InChI is InChI=1S/C23H27N3O4/c1-16-8-5-6-11-18(16)14-19(21(24)27)25-22(28)20-12-7-13-26(20)23(29)30-15-17-9-3-2-4-10-17/h2-6,8-11,19-20H,7,12-15H2,1H3,(H2,24,27)(H,25,28)/t19-,20+/m0/s1. The molecule has 0 unspecified atom stereocenters. The smallest absolute Gasteiger partial charge is 0.410 e. The highest BCUT2D eigenvalue weighted by Gasteiger charge is 2.36. The lowest BCUT2D eigenvalue weighted by atomic mass is 10.0. The van der Waals surface area contributed by atoms with Crippen molar-refractivity contribution in [3.63, 3.8) is 0 Å². The quantitative estimate of drug-likeness (QED) is 0.733. The summed E-state index contributed by atoms with van der Waals surface area (Å²) in [7, 11) is 0. The van der Waals surface area contributed by atoms with Crippen molar-refractivity contribution in [2.75, 3.05) is 6.54 Å². The lowest BCUT2D eigenvalue weighted by Crippen LogP contribution is -2.53. The first kappa shape index (κ1) is 21.4. The topological polar surface area (TPSA) is 102 Å². The molecular weight excluding hydrogens is 382 g/mol. The van der Waals surface area contributed by atoms with Crippen LogP contribution in [0.2, 0.25) is 0 Å². The summed E-state index contributed by atoms with van der Waals surface area (Å²) >= 11 is 0. The van der Waals surface area contributed by atoms with E-state index in [0.29, 0.717) is 25.8 Å². The normalized spacial score (nSPS) is 16.7. The lowest BCUT2D eigenvalue weighted by molar-refractivity contribution is -0.130. The second kappa shape index (κ2) is 9.91. The molecular formula is C23H27N3O4. The maximum Gasteiger partial charge on any atom is 0.410 e. The van der Waals surface area contributed by atoms with Crippen LogP contribution in [0.4, 0.5) is 4.79 Å². The Morgan fingerprint density at radius 1 is 1.13 bits per heavy atom. The maximum atomic E-state index is 12.9. The molecule has 0 spiro atoms. The third kappa shape index (κ3) is 5.37. The molecule has 0 aromatic heterocycles. The van der Waals surface area contributed by atoms with Gasteiger partial charge in [0.05, 0.1) is 0 Å². The van der Waals surface area contributed by atoms with Gasteiger partial charge in [-0.15, -0.1) is 0 Å². The molecule has 3 amide bonds. The van der Waals surface area contributed by atoms with Crippen LogP contribution in [0.25, 0.3) is 0 Å². The van der Waals surface area contributed by atoms with E-state index in [9.17, 15) is 14.4 Å². The number of carbonyl (C=O) groups is 3. The van der Waals surface area contributed by atoms with Crippen molar-refractivity contribution in [3.05, 3.63) is 71.3 Å². The average Bonchev–Trinajstić information content (AvgIpc) is 3.24. The first-order valence-corrected chi connectivity index (χ1v) is 10.1. The molecule has 0 radical (unpaired) electrons. The molecule has 2 atom stereocenters. The number of hydrogen-bond donors (Lipinski definition) is 2. The zero-order valence-corrected chi connectivity index (χ0v) is 17.0. The molecule has 2 aromatic rings. The fourth-order valence-corrected chi connectivity index (χ4v) is 3.61. The number of nitrogens with zero attached hydrogens (tertiary/aromatic N) is 1. The Labute approximate surface area is 176 Å². The summed E-state index contributed by atoms with van der Waals surface area (Å²) in [5.41, 5.74) is 8.36. The van der Waals surface area contributed by atoms with Gasteiger partial charge in [-0.05, 0) is 36.5 Å². The maximum absolute atomic E-state index is 12.9. The van der Waals surface area contributed by atoms with E-state index in [-0.39, 0.29) is 12.5 Å². The van der Waals surface area contributed by atoms with Crippen LogP contribution in [0, 0.1) is 6.92 Å². The molecule has 0 aliphatic carbocycles. The van der Waals surface area contributed by atoms with Crippen LogP contribution in [0.3, 0.4) is 0 Å². The van der Waals surface area contributed by atoms with E-state index in [1.165, 1.54) is 4.90 Å². The zero-order chi connectivity index (χ0) is 21.5. The summed E-state index contributed by atoms with van der Waals surface area (Å²) in [6, 6.07) is 15.5. The number of carbonyl (C=O) groups excluding carboxylic acids is 3. The number of primary amides is 1. The third-order valence-electron chi connectivity index (χ3n) is 5.34. The van der Waals surface area contributed by atoms with Gasteiger partial charge in [0.25, 0.3) is 0 Å². The minimum Gasteiger partial charge on any atom is -0.445 e. The summed E-state index contributed by atoms with van der Waals surface area (Å²) in [6.07, 6.45) is 0.976. The number of nitrogens with two attached hydrogens (primary N) is 1. The highest BCUT2D eigenvalue weighted by atomic mass is 16.6. The van der Waals surface area contributed by atoms with Crippen LogP contribution in [-0.4, -0.2) is 41.4 Å². The summed E-state index contributed by atoms with van der Waals surface area (Å²) in [5, 5.41) is 2.73. The van der Waals surface area contributed by atoms with Crippen molar-refractivity contribution >= 4 is 17.9 Å². The Bertz CT molecular complexity index is 900. The molecule has 158 valence electrons. The van der Waals surface area contributed by atoms with E-state index < -0.39 is 24.1 Å². The molecule has 0 bridgehead atoms. The van der Waals surface area contributed by atoms with Gasteiger partial charge in [-0.3, -0.25) is 14.5 Å². The Morgan fingerprint density at radius 2 is 1.83 bits per heavy atom. The number of rotatable bonds is 7.